The van der Waals surface area contributed by atoms with Gasteiger partial charge in [-0.3, -0.25) is 0 Å². The highest BCUT2D eigenvalue weighted by atomic mass is 32.1. The molecule has 0 amide bonds. The predicted octanol–water partition coefficient (Wildman–Crippen LogP) is 2.61. The van der Waals surface area contributed by atoms with E-state index in [0.717, 1.165) is 17.0 Å². The van der Waals surface area contributed by atoms with E-state index in [1.165, 1.54) is 6.21 Å². The van der Waals surface area contributed by atoms with Crippen LogP contribution in [0, 0.1) is 12.3 Å². The number of nitrogens with zero attached hydrogens (tertiary/aromatic N) is 1. The Balaban J connectivity index is 2.16. The molecule has 17 heavy (non-hydrogen) atoms. The van der Waals surface area contributed by atoms with Gasteiger partial charge in [0.25, 0.3) is 0 Å². The van der Waals surface area contributed by atoms with Crippen LogP contribution in [0.25, 0.3) is 0 Å². The second-order valence-corrected chi connectivity index (χ2v) is 4.38. The molecule has 1 heterocycles. The van der Waals surface area contributed by atoms with Crippen LogP contribution in [0.5, 0.6) is 5.75 Å². The van der Waals surface area contributed by atoms with Crippen LogP contribution in [0.3, 0.4) is 0 Å². The second-order valence-electron chi connectivity index (χ2n) is 3.66. The zero-order valence-corrected chi connectivity index (χ0v) is 10.3. The molecular formula is C12H13N3OS. The molecule has 0 aliphatic rings. The van der Waals surface area contributed by atoms with Crippen LogP contribution in [-0.2, 0) is 6.61 Å². The molecule has 0 aliphatic carbocycles. The molecule has 0 unspecified atom stereocenters. The normalized spacial score (nSPS) is 10.2. The van der Waals surface area contributed by atoms with Crippen molar-refractivity contribution in [3.63, 3.8) is 0 Å². The molecule has 1 aromatic carbocycles. The summed E-state index contributed by atoms with van der Waals surface area (Å²) in [6.45, 7) is 2.37. The van der Waals surface area contributed by atoms with Gasteiger partial charge in [-0.15, -0.1) is 11.3 Å². The van der Waals surface area contributed by atoms with Crippen molar-refractivity contribution in [3.8, 4) is 5.75 Å². The Bertz CT molecular complexity index is 523. The van der Waals surface area contributed by atoms with E-state index >= 15 is 0 Å². The summed E-state index contributed by atoms with van der Waals surface area (Å²) >= 11 is 1.54. The minimum atomic E-state index is 0.438. The van der Waals surface area contributed by atoms with Crippen molar-refractivity contribution in [1.82, 2.24) is 4.98 Å². The molecule has 0 saturated carbocycles. The summed E-state index contributed by atoms with van der Waals surface area (Å²) in [6.07, 6.45) is 1.24. The molecule has 0 spiro atoms. The highest BCUT2D eigenvalue weighted by Crippen LogP contribution is 2.24. The van der Waals surface area contributed by atoms with Crippen molar-refractivity contribution in [2.45, 2.75) is 13.5 Å². The number of nitrogens with one attached hydrogen (secondary N) is 1. The van der Waals surface area contributed by atoms with Crippen LogP contribution in [0.15, 0.2) is 23.0 Å². The Hall–Kier alpha value is -1.88. The van der Waals surface area contributed by atoms with E-state index < -0.39 is 0 Å². The fraction of sp³-hybridized carbons (Fsp3) is 0.167. The van der Waals surface area contributed by atoms with Gasteiger partial charge in [-0.05, 0) is 18.6 Å². The van der Waals surface area contributed by atoms with Gasteiger partial charge in [-0.2, -0.15) is 0 Å². The standard InChI is InChI=1S/C12H13N3OS/c1-8-2-9(4-13)11(14)3-12(8)16-5-10-6-17-7-15-10/h2-4,6-7,13H,5,14H2,1H3. The topological polar surface area (TPSA) is 72.0 Å². The Morgan fingerprint density at radius 2 is 2.35 bits per heavy atom. The maximum absolute atomic E-state index is 7.21. The zero-order chi connectivity index (χ0) is 12.3. The molecule has 5 heteroatoms. The molecule has 3 N–H and O–H groups in total. The van der Waals surface area contributed by atoms with Crippen molar-refractivity contribution in [1.29, 1.82) is 5.41 Å². The van der Waals surface area contributed by atoms with E-state index in [1.807, 2.05) is 18.4 Å². The number of aromatic nitrogens is 1. The molecule has 88 valence electrons. The summed E-state index contributed by atoms with van der Waals surface area (Å²) in [7, 11) is 0. The minimum absolute atomic E-state index is 0.438. The molecule has 0 bridgehead atoms. The molecular weight excluding hydrogens is 234 g/mol. The molecule has 0 atom stereocenters. The van der Waals surface area contributed by atoms with E-state index in [9.17, 15) is 0 Å². The van der Waals surface area contributed by atoms with Crippen molar-refractivity contribution in [2.24, 2.45) is 0 Å². The lowest BCUT2D eigenvalue weighted by Crippen LogP contribution is -2.00. The minimum Gasteiger partial charge on any atom is -0.487 e. The molecule has 2 aromatic rings. The monoisotopic (exact) mass is 247 g/mol. The number of hydrogen-bond donors (Lipinski definition) is 2. The number of rotatable bonds is 4. The van der Waals surface area contributed by atoms with E-state index in [-0.39, 0.29) is 0 Å². The van der Waals surface area contributed by atoms with Crippen LogP contribution < -0.4 is 10.5 Å². The van der Waals surface area contributed by atoms with Gasteiger partial charge in [-0.1, -0.05) is 0 Å². The van der Waals surface area contributed by atoms with Gasteiger partial charge in [0, 0.05) is 28.9 Å². The summed E-state index contributed by atoms with van der Waals surface area (Å²) in [4.78, 5) is 4.14. The van der Waals surface area contributed by atoms with Gasteiger partial charge in [-0.25, -0.2) is 4.98 Å². The lowest BCUT2D eigenvalue weighted by atomic mass is 10.1. The number of hydrogen-bond acceptors (Lipinski definition) is 5. The van der Waals surface area contributed by atoms with Gasteiger partial charge in [0.05, 0.1) is 11.2 Å². The van der Waals surface area contributed by atoms with Crippen molar-refractivity contribution in [3.05, 3.63) is 39.8 Å². The van der Waals surface area contributed by atoms with Gasteiger partial charge in [0.15, 0.2) is 0 Å². The fourth-order valence-corrected chi connectivity index (χ4v) is 2.01. The molecule has 0 saturated heterocycles. The number of nitrogen functional groups attached to an aromatic ring is 1. The van der Waals surface area contributed by atoms with Gasteiger partial charge in [0.1, 0.15) is 12.4 Å². The van der Waals surface area contributed by atoms with E-state index in [4.69, 9.17) is 15.9 Å². The lowest BCUT2D eigenvalue weighted by Gasteiger charge is -2.10. The van der Waals surface area contributed by atoms with Gasteiger partial charge >= 0.3 is 0 Å². The van der Waals surface area contributed by atoms with Crippen LogP contribution in [0.1, 0.15) is 16.8 Å². The first-order chi connectivity index (χ1) is 8.20. The number of benzene rings is 1. The first kappa shape index (κ1) is 11.6. The largest absolute Gasteiger partial charge is 0.487 e. The third-order valence-corrected chi connectivity index (χ3v) is 3.03. The first-order valence-electron chi connectivity index (χ1n) is 5.11. The fourth-order valence-electron chi connectivity index (χ4n) is 1.47. The van der Waals surface area contributed by atoms with Crippen LogP contribution >= 0.6 is 11.3 Å². The molecule has 1 aromatic heterocycles. The third kappa shape index (κ3) is 2.62. The van der Waals surface area contributed by atoms with Crippen molar-refractivity contribution >= 4 is 23.2 Å². The van der Waals surface area contributed by atoms with E-state index in [2.05, 4.69) is 4.98 Å². The number of ether oxygens (including phenoxy) is 1. The molecule has 0 aliphatic heterocycles. The second kappa shape index (κ2) is 4.97. The third-order valence-electron chi connectivity index (χ3n) is 2.40. The van der Waals surface area contributed by atoms with E-state index in [1.54, 1.807) is 22.9 Å². The average Bonchev–Trinajstić information content (AvgIpc) is 2.82. The SMILES string of the molecule is Cc1cc(C=N)c(N)cc1OCc1cscn1. The van der Waals surface area contributed by atoms with Gasteiger partial charge in [0.2, 0.25) is 0 Å². The lowest BCUT2D eigenvalue weighted by molar-refractivity contribution is 0.300. The van der Waals surface area contributed by atoms with Crippen molar-refractivity contribution < 1.29 is 4.74 Å². The van der Waals surface area contributed by atoms with Crippen LogP contribution in [0.4, 0.5) is 5.69 Å². The molecule has 0 fully saturated rings. The summed E-state index contributed by atoms with van der Waals surface area (Å²) in [5.74, 6) is 0.737. The highest BCUT2D eigenvalue weighted by Gasteiger charge is 2.05. The Kier molecular flexibility index (Phi) is 3.39. The average molecular weight is 247 g/mol. The quantitative estimate of drug-likeness (QED) is 0.644. The van der Waals surface area contributed by atoms with Crippen LogP contribution in [-0.4, -0.2) is 11.2 Å². The smallest absolute Gasteiger partial charge is 0.131 e. The number of thiazole rings is 1. The highest BCUT2D eigenvalue weighted by molar-refractivity contribution is 7.07. The Morgan fingerprint density at radius 3 is 3.00 bits per heavy atom. The number of anilines is 1. The van der Waals surface area contributed by atoms with Crippen molar-refractivity contribution in [2.75, 3.05) is 5.73 Å². The Labute approximate surface area is 104 Å². The summed E-state index contributed by atoms with van der Waals surface area (Å²) in [6, 6.07) is 3.60. The zero-order valence-electron chi connectivity index (χ0n) is 9.43. The number of nitrogens with two attached hydrogens (primary N) is 1. The van der Waals surface area contributed by atoms with E-state index in [0.29, 0.717) is 17.9 Å². The maximum Gasteiger partial charge on any atom is 0.131 e. The maximum atomic E-state index is 7.21. The summed E-state index contributed by atoms with van der Waals surface area (Å²) in [5, 5.41) is 9.16. The van der Waals surface area contributed by atoms with Gasteiger partial charge < -0.3 is 15.9 Å². The summed E-state index contributed by atoms with van der Waals surface area (Å²) < 4.78 is 5.65. The van der Waals surface area contributed by atoms with Crippen LogP contribution in [0.2, 0.25) is 0 Å². The molecule has 0 radical (unpaired) electrons. The Morgan fingerprint density at radius 1 is 1.53 bits per heavy atom. The summed E-state index contributed by atoms with van der Waals surface area (Å²) in [5.41, 5.74) is 10.7. The number of aryl methyl sites for hydroxylation is 1. The predicted molar refractivity (Wildman–Crippen MR) is 69.9 cm³/mol. The molecule has 4 nitrogen and oxygen atoms in total. The first-order valence-corrected chi connectivity index (χ1v) is 6.05. The molecule has 2 rings (SSSR count).